The third kappa shape index (κ3) is 3.07. The van der Waals surface area contributed by atoms with Gasteiger partial charge in [-0.15, -0.1) is 11.3 Å². The highest BCUT2D eigenvalue weighted by Gasteiger charge is 2.25. The van der Waals surface area contributed by atoms with E-state index in [0.29, 0.717) is 0 Å². The molecule has 1 fully saturated rings. The molecular formula is C14H15N3O3S2. The molecule has 1 aromatic heterocycles. The van der Waals surface area contributed by atoms with Crippen LogP contribution >= 0.6 is 23.1 Å². The summed E-state index contributed by atoms with van der Waals surface area (Å²) >= 11 is 2.82. The van der Waals surface area contributed by atoms with Gasteiger partial charge in [0.05, 0.1) is 20.4 Å². The Labute approximate surface area is 135 Å². The second kappa shape index (κ2) is 6.21. The lowest BCUT2D eigenvalue weighted by molar-refractivity contribution is -0.384. The first-order valence-corrected chi connectivity index (χ1v) is 8.74. The molecule has 0 radical (unpaired) electrons. The molecule has 0 aliphatic carbocycles. The fourth-order valence-corrected chi connectivity index (χ4v) is 4.78. The van der Waals surface area contributed by atoms with Crippen LogP contribution in [0.1, 0.15) is 19.8 Å². The van der Waals surface area contributed by atoms with E-state index in [1.54, 1.807) is 6.07 Å². The molecule has 0 saturated carbocycles. The van der Waals surface area contributed by atoms with Gasteiger partial charge < -0.3 is 4.90 Å². The minimum atomic E-state index is -0.411. The Morgan fingerprint density at radius 1 is 1.45 bits per heavy atom. The van der Waals surface area contributed by atoms with E-state index in [1.807, 2.05) is 11.8 Å². The molecule has 1 aliphatic heterocycles. The minimum Gasteiger partial charge on any atom is -0.342 e. The lowest BCUT2D eigenvalue weighted by atomic mass is 10.3. The van der Waals surface area contributed by atoms with Crippen LogP contribution < -0.4 is 0 Å². The van der Waals surface area contributed by atoms with E-state index < -0.39 is 4.92 Å². The fraction of sp³-hybridized carbons (Fsp3) is 0.429. The number of thioether (sulfide) groups is 1. The van der Waals surface area contributed by atoms with Gasteiger partial charge in [0.1, 0.15) is 0 Å². The molecule has 8 heteroatoms. The summed E-state index contributed by atoms with van der Waals surface area (Å²) in [4.78, 5) is 29.0. The van der Waals surface area contributed by atoms with Crippen LogP contribution in [0.5, 0.6) is 0 Å². The minimum absolute atomic E-state index is 0.0638. The topological polar surface area (TPSA) is 76.3 Å². The normalized spacial score (nSPS) is 16.1. The molecule has 1 atom stereocenters. The lowest BCUT2D eigenvalue weighted by Gasteiger charge is -2.18. The maximum Gasteiger partial charge on any atom is 0.270 e. The maximum absolute atomic E-state index is 12.3. The van der Waals surface area contributed by atoms with E-state index in [2.05, 4.69) is 4.98 Å². The van der Waals surface area contributed by atoms with Crippen LogP contribution in [-0.4, -0.2) is 39.1 Å². The number of thiazole rings is 1. The van der Waals surface area contributed by atoms with Gasteiger partial charge in [0.25, 0.3) is 5.69 Å². The molecule has 116 valence electrons. The van der Waals surface area contributed by atoms with Crippen LogP contribution in [0.15, 0.2) is 22.5 Å². The molecule has 0 spiro atoms. The van der Waals surface area contributed by atoms with Gasteiger partial charge in [-0.3, -0.25) is 14.9 Å². The Morgan fingerprint density at radius 3 is 2.86 bits per heavy atom. The Balaban J connectivity index is 1.75. The molecule has 22 heavy (non-hydrogen) atoms. The van der Waals surface area contributed by atoms with E-state index in [1.165, 1.54) is 35.2 Å². The van der Waals surface area contributed by atoms with Crippen molar-refractivity contribution >= 4 is 44.9 Å². The second-order valence-corrected chi connectivity index (χ2v) is 7.80. The molecule has 0 N–H and O–H groups in total. The molecule has 2 heterocycles. The summed E-state index contributed by atoms with van der Waals surface area (Å²) in [6.07, 6.45) is 2.15. The first kappa shape index (κ1) is 15.2. The number of carbonyl (C=O) groups excluding carboxylic acids is 1. The molecule has 1 amide bonds. The van der Waals surface area contributed by atoms with Gasteiger partial charge in [-0.25, -0.2) is 4.98 Å². The van der Waals surface area contributed by atoms with Gasteiger partial charge in [-0.05, 0) is 25.8 Å². The van der Waals surface area contributed by atoms with Crippen LogP contribution in [0.2, 0.25) is 0 Å². The highest BCUT2D eigenvalue weighted by atomic mass is 32.2. The van der Waals surface area contributed by atoms with Crippen molar-refractivity contribution in [3.05, 3.63) is 28.3 Å². The Morgan fingerprint density at radius 2 is 2.18 bits per heavy atom. The molecule has 6 nitrogen and oxygen atoms in total. The Bertz CT molecular complexity index is 725. The maximum atomic E-state index is 12.3. The number of nitro groups is 1. The number of hydrogen-bond acceptors (Lipinski definition) is 6. The van der Waals surface area contributed by atoms with Crippen molar-refractivity contribution in [1.82, 2.24) is 9.88 Å². The highest BCUT2D eigenvalue weighted by Crippen LogP contribution is 2.34. The quantitative estimate of drug-likeness (QED) is 0.486. The van der Waals surface area contributed by atoms with Gasteiger partial charge >= 0.3 is 0 Å². The molecule has 1 saturated heterocycles. The largest absolute Gasteiger partial charge is 0.342 e. The predicted molar refractivity (Wildman–Crippen MR) is 87.4 cm³/mol. The standard InChI is InChI=1S/C14H15N3O3S2/c1-9(13(18)16-6-2-3-7-16)21-14-15-11-5-4-10(17(19)20)8-12(11)22-14/h4-5,8-9H,2-3,6-7H2,1H3/t9-/m1/s1. The van der Waals surface area contributed by atoms with Crippen LogP contribution in [-0.2, 0) is 4.79 Å². The number of likely N-dealkylation sites (tertiary alicyclic amines) is 1. The van der Waals surface area contributed by atoms with E-state index in [9.17, 15) is 14.9 Å². The summed E-state index contributed by atoms with van der Waals surface area (Å²) in [6.45, 7) is 3.57. The van der Waals surface area contributed by atoms with Crippen molar-refractivity contribution in [2.45, 2.75) is 29.4 Å². The first-order valence-electron chi connectivity index (χ1n) is 7.05. The van der Waals surface area contributed by atoms with Crippen LogP contribution in [0.3, 0.4) is 0 Å². The zero-order valence-corrected chi connectivity index (χ0v) is 13.7. The number of carbonyl (C=O) groups is 1. The summed E-state index contributed by atoms with van der Waals surface area (Å²) in [5.41, 5.74) is 0.799. The van der Waals surface area contributed by atoms with E-state index >= 15 is 0 Å². The number of amides is 1. The molecule has 0 unspecified atom stereocenters. The van der Waals surface area contributed by atoms with Crippen LogP contribution in [0.4, 0.5) is 5.69 Å². The van der Waals surface area contributed by atoms with Crippen molar-refractivity contribution in [2.75, 3.05) is 13.1 Å². The summed E-state index contributed by atoms with van der Waals surface area (Å²) in [7, 11) is 0. The van der Waals surface area contributed by atoms with E-state index in [4.69, 9.17) is 0 Å². The van der Waals surface area contributed by atoms with Gasteiger partial charge in [0.15, 0.2) is 4.34 Å². The number of hydrogen-bond donors (Lipinski definition) is 0. The zero-order chi connectivity index (χ0) is 15.7. The monoisotopic (exact) mass is 337 g/mol. The van der Waals surface area contributed by atoms with Gasteiger partial charge in [-0.2, -0.15) is 0 Å². The van der Waals surface area contributed by atoms with Crippen molar-refractivity contribution < 1.29 is 9.72 Å². The number of nitrogens with zero attached hydrogens (tertiary/aromatic N) is 3. The molecule has 3 rings (SSSR count). The number of rotatable bonds is 4. The van der Waals surface area contributed by atoms with Crippen molar-refractivity contribution in [3.8, 4) is 0 Å². The average Bonchev–Trinajstić information content (AvgIpc) is 3.14. The van der Waals surface area contributed by atoms with Crippen molar-refractivity contribution in [3.63, 3.8) is 0 Å². The first-order chi connectivity index (χ1) is 10.5. The number of nitro benzene ring substituents is 1. The third-order valence-corrected chi connectivity index (χ3v) is 5.81. The Kier molecular flexibility index (Phi) is 4.30. The fourth-order valence-electron chi connectivity index (χ4n) is 2.45. The smallest absolute Gasteiger partial charge is 0.270 e. The summed E-state index contributed by atoms with van der Waals surface area (Å²) < 4.78 is 1.55. The number of aromatic nitrogens is 1. The molecule has 0 bridgehead atoms. The molecule has 1 aliphatic rings. The van der Waals surface area contributed by atoms with E-state index in [0.717, 1.165) is 40.5 Å². The Hall–Kier alpha value is -1.67. The summed E-state index contributed by atoms with van der Waals surface area (Å²) in [5.74, 6) is 0.146. The lowest BCUT2D eigenvalue weighted by Crippen LogP contribution is -2.33. The summed E-state index contributed by atoms with van der Waals surface area (Å²) in [5, 5.41) is 10.6. The number of non-ortho nitro benzene ring substituents is 1. The SMILES string of the molecule is C[C@@H](Sc1nc2ccc([N+](=O)[O-])cc2s1)C(=O)N1CCCC1. The number of fused-ring (bicyclic) bond motifs is 1. The van der Waals surface area contributed by atoms with Gasteiger partial charge in [0.2, 0.25) is 5.91 Å². The zero-order valence-electron chi connectivity index (χ0n) is 12.0. The third-order valence-electron chi connectivity index (χ3n) is 3.61. The van der Waals surface area contributed by atoms with Gasteiger partial charge in [-0.1, -0.05) is 11.8 Å². The average molecular weight is 337 g/mol. The molecule has 2 aromatic rings. The van der Waals surface area contributed by atoms with Crippen molar-refractivity contribution in [2.24, 2.45) is 0 Å². The molecular weight excluding hydrogens is 322 g/mol. The predicted octanol–water partition coefficient (Wildman–Crippen LogP) is 3.31. The second-order valence-electron chi connectivity index (χ2n) is 5.18. The molecule has 1 aromatic carbocycles. The highest BCUT2D eigenvalue weighted by molar-refractivity contribution is 8.02. The van der Waals surface area contributed by atoms with E-state index in [-0.39, 0.29) is 16.8 Å². The van der Waals surface area contributed by atoms with Gasteiger partial charge in [0, 0.05) is 25.2 Å². The van der Waals surface area contributed by atoms with Crippen LogP contribution in [0, 0.1) is 10.1 Å². The summed E-state index contributed by atoms with van der Waals surface area (Å²) in [6, 6.07) is 4.64. The number of benzene rings is 1. The van der Waals surface area contributed by atoms with Crippen LogP contribution in [0.25, 0.3) is 10.2 Å². The van der Waals surface area contributed by atoms with Crippen molar-refractivity contribution in [1.29, 1.82) is 0 Å².